The summed E-state index contributed by atoms with van der Waals surface area (Å²) < 4.78 is 47.2. The van der Waals surface area contributed by atoms with Crippen LogP contribution in [0.25, 0.3) is 0 Å². The molecule has 0 bridgehead atoms. The number of nitrogens with one attached hydrogen (secondary N) is 1. The molecule has 14 heteroatoms. The molecule has 2 aliphatic rings. The Balaban J connectivity index is 1.41. The number of rotatable bonds is 14. The number of hydrogen-bond acceptors (Lipinski definition) is 7. The number of nitrogens with two attached hydrogens (primary N) is 2. The molecule has 204 valence electrons. The SMILES string of the molecule is C[C@@H](NS(=O)(=O)CCCCCN1CC(=O)N(C(=O)CN=C(N)N)C1=O)c1ccc(F)c(OCC2CC2)c1. The average molecular weight is 541 g/mol. The van der Waals surface area contributed by atoms with E-state index in [9.17, 15) is 27.2 Å². The highest BCUT2D eigenvalue weighted by molar-refractivity contribution is 7.89. The van der Waals surface area contributed by atoms with Gasteiger partial charge < -0.3 is 21.1 Å². The van der Waals surface area contributed by atoms with Gasteiger partial charge in [0.05, 0.1) is 12.4 Å². The zero-order valence-electron chi connectivity index (χ0n) is 20.7. The van der Waals surface area contributed by atoms with Crippen molar-refractivity contribution in [3.8, 4) is 5.75 Å². The van der Waals surface area contributed by atoms with E-state index < -0.39 is 46.3 Å². The number of carbonyl (C=O) groups excluding carboxylic acids is 3. The number of imide groups is 3. The number of nitrogens with zero attached hydrogens (tertiary/aromatic N) is 3. The Labute approximate surface area is 215 Å². The summed E-state index contributed by atoms with van der Waals surface area (Å²) in [5, 5.41) is 0. The van der Waals surface area contributed by atoms with Gasteiger partial charge in [-0.2, -0.15) is 4.90 Å². The quantitative estimate of drug-likeness (QED) is 0.134. The van der Waals surface area contributed by atoms with Gasteiger partial charge in [-0.05, 0) is 56.2 Å². The summed E-state index contributed by atoms with van der Waals surface area (Å²) in [6.07, 6.45) is 3.39. The zero-order chi connectivity index (χ0) is 27.2. The Morgan fingerprint density at radius 2 is 1.97 bits per heavy atom. The molecule has 5 N–H and O–H groups in total. The van der Waals surface area contributed by atoms with E-state index in [-0.39, 0.29) is 30.6 Å². The number of guanidine groups is 1. The molecule has 1 saturated heterocycles. The summed E-state index contributed by atoms with van der Waals surface area (Å²) in [6.45, 7) is 1.56. The highest BCUT2D eigenvalue weighted by Crippen LogP contribution is 2.31. The van der Waals surface area contributed by atoms with Gasteiger partial charge in [-0.15, -0.1) is 0 Å². The maximum atomic E-state index is 14.0. The number of unbranched alkanes of at least 4 members (excludes halogenated alkanes) is 2. The molecule has 0 aromatic heterocycles. The van der Waals surface area contributed by atoms with E-state index >= 15 is 0 Å². The summed E-state index contributed by atoms with van der Waals surface area (Å²) in [6, 6.07) is 2.98. The Morgan fingerprint density at radius 1 is 1.24 bits per heavy atom. The van der Waals surface area contributed by atoms with Crippen LogP contribution < -0.4 is 20.9 Å². The molecule has 1 aromatic carbocycles. The van der Waals surface area contributed by atoms with Crippen molar-refractivity contribution in [2.45, 2.75) is 45.1 Å². The topological polar surface area (TPSA) is 177 Å². The molecule has 4 amide bonds. The minimum Gasteiger partial charge on any atom is -0.490 e. The molecule has 0 spiro atoms. The second-order valence-corrected chi connectivity index (χ2v) is 11.1. The number of amides is 4. The fourth-order valence-electron chi connectivity index (χ4n) is 3.76. The number of sulfonamides is 1. The number of benzene rings is 1. The maximum absolute atomic E-state index is 14.0. The van der Waals surface area contributed by atoms with Crippen molar-refractivity contribution in [1.29, 1.82) is 0 Å². The molecule has 0 unspecified atom stereocenters. The lowest BCUT2D eigenvalue weighted by Gasteiger charge is -2.17. The van der Waals surface area contributed by atoms with Crippen molar-refractivity contribution in [3.05, 3.63) is 29.6 Å². The molecule has 1 aliphatic heterocycles. The molecule has 2 fully saturated rings. The van der Waals surface area contributed by atoms with Crippen molar-refractivity contribution < 1.29 is 31.9 Å². The predicted molar refractivity (Wildman–Crippen MR) is 133 cm³/mol. The smallest absolute Gasteiger partial charge is 0.334 e. The molecule has 37 heavy (non-hydrogen) atoms. The van der Waals surface area contributed by atoms with E-state index in [0.717, 1.165) is 12.8 Å². The van der Waals surface area contributed by atoms with Gasteiger partial charge in [-0.25, -0.2) is 27.3 Å². The van der Waals surface area contributed by atoms with Gasteiger partial charge in [-0.1, -0.05) is 12.5 Å². The zero-order valence-corrected chi connectivity index (χ0v) is 21.5. The van der Waals surface area contributed by atoms with Crippen LogP contribution in [0.15, 0.2) is 23.2 Å². The second kappa shape index (κ2) is 12.3. The van der Waals surface area contributed by atoms with E-state index in [1.54, 1.807) is 6.92 Å². The van der Waals surface area contributed by atoms with Gasteiger partial charge in [0.1, 0.15) is 13.1 Å². The molecule has 3 rings (SSSR count). The number of urea groups is 1. The molecular formula is C23H33FN6O6S. The van der Waals surface area contributed by atoms with Gasteiger partial charge in [-0.3, -0.25) is 9.59 Å². The van der Waals surface area contributed by atoms with Crippen LogP contribution >= 0.6 is 0 Å². The summed E-state index contributed by atoms with van der Waals surface area (Å²) >= 11 is 0. The molecule has 1 aliphatic carbocycles. The number of carbonyl (C=O) groups is 3. The van der Waals surface area contributed by atoms with Crippen LogP contribution in [-0.2, 0) is 19.6 Å². The fourth-order valence-corrected chi connectivity index (χ4v) is 5.14. The lowest BCUT2D eigenvalue weighted by atomic mass is 10.1. The normalized spacial score (nSPS) is 16.7. The maximum Gasteiger partial charge on any atom is 0.334 e. The lowest BCUT2D eigenvalue weighted by molar-refractivity contribution is -0.137. The van der Waals surface area contributed by atoms with Gasteiger partial charge in [0.2, 0.25) is 10.0 Å². The van der Waals surface area contributed by atoms with Crippen LogP contribution in [0.1, 0.15) is 50.6 Å². The minimum atomic E-state index is -3.63. The predicted octanol–water partition coefficient (Wildman–Crippen LogP) is 0.829. The average Bonchev–Trinajstić information content (AvgIpc) is 3.60. The molecule has 1 atom stereocenters. The van der Waals surface area contributed by atoms with Crippen molar-refractivity contribution in [1.82, 2.24) is 14.5 Å². The Morgan fingerprint density at radius 3 is 2.65 bits per heavy atom. The van der Waals surface area contributed by atoms with E-state index in [1.165, 1.54) is 23.1 Å². The number of aliphatic imine (C=N–C) groups is 1. The standard InChI is InChI=1S/C23H33FN6O6S/c1-15(17-7-8-18(24)19(11-17)36-14-16-5-6-16)28-37(34,35)10-4-2-3-9-29-13-21(32)30(23(29)33)20(31)12-27-22(25)26/h7-8,11,15-16,28H,2-6,9-10,12-14H2,1H3,(H4,25,26,27)/t15-/m1/s1. The fraction of sp³-hybridized carbons (Fsp3) is 0.565. The Bertz CT molecular complexity index is 1150. The second-order valence-electron chi connectivity index (χ2n) is 9.23. The van der Waals surface area contributed by atoms with Crippen LogP contribution in [0.2, 0.25) is 0 Å². The Kier molecular flexibility index (Phi) is 9.43. The van der Waals surface area contributed by atoms with Crippen LogP contribution in [0.4, 0.5) is 9.18 Å². The first-order valence-electron chi connectivity index (χ1n) is 12.1. The van der Waals surface area contributed by atoms with Crippen LogP contribution in [0, 0.1) is 11.7 Å². The molecule has 1 heterocycles. The first-order valence-corrected chi connectivity index (χ1v) is 13.7. The molecule has 1 aromatic rings. The van der Waals surface area contributed by atoms with E-state index in [0.29, 0.717) is 42.3 Å². The third kappa shape index (κ3) is 8.39. The van der Waals surface area contributed by atoms with E-state index in [2.05, 4.69) is 9.71 Å². The van der Waals surface area contributed by atoms with Crippen LogP contribution in [0.5, 0.6) is 5.75 Å². The first kappa shape index (κ1) is 28.3. The lowest BCUT2D eigenvalue weighted by Crippen LogP contribution is -2.40. The summed E-state index contributed by atoms with van der Waals surface area (Å²) in [5.74, 6) is -1.87. The molecular weight excluding hydrogens is 507 g/mol. The summed E-state index contributed by atoms with van der Waals surface area (Å²) in [7, 11) is -3.63. The number of ether oxygens (including phenoxy) is 1. The first-order chi connectivity index (χ1) is 17.5. The highest BCUT2D eigenvalue weighted by Gasteiger charge is 2.39. The van der Waals surface area contributed by atoms with Gasteiger partial charge in [0.25, 0.3) is 11.8 Å². The van der Waals surface area contributed by atoms with Crippen LogP contribution in [0.3, 0.4) is 0 Å². The molecule has 1 saturated carbocycles. The third-order valence-corrected chi connectivity index (χ3v) is 7.55. The highest BCUT2D eigenvalue weighted by atomic mass is 32.2. The van der Waals surface area contributed by atoms with E-state index in [4.69, 9.17) is 16.2 Å². The Hall–Kier alpha value is -3.26. The van der Waals surface area contributed by atoms with Gasteiger partial charge in [0, 0.05) is 12.6 Å². The number of hydrogen-bond donors (Lipinski definition) is 3. The summed E-state index contributed by atoms with van der Waals surface area (Å²) in [4.78, 5) is 41.7. The van der Waals surface area contributed by atoms with Gasteiger partial charge in [0.15, 0.2) is 17.5 Å². The third-order valence-electron chi connectivity index (χ3n) is 6.01. The number of halogens is 1. The van der Waals surface area contributed by atoms with Crippen molar-refractivity contribution in [2.24, 2.45) is 22.4 Å². The summed E-state index contributed by atoms with van der Waals surface area (Å²) in [5.41, 5.74) is 10.9. The largest absolute Gasteiger partial charge is 0.490 e. The molecule has 0 radical (unpaired) electrons. The van der Waals surface area contributed by atoms with Crippen molar-refractivity contribution >= 4 is 33.8 Å². The monoisotopic (exact) mass is 540 g/mol. The van der Waals surface area contributed by atoms with Gasteiger partial charge >= 0.3 is 6.03 Å². The van der Waals surface area contributed by atoms with Crippen molar-refractivity contribution in [2.75, 3.05) is 32.0 Å². The van der Waals surface area contributed by atoms with Crippen molar-refractivity contribution in [3.63, 3.8) is 0 Å². The minimum absolute atomic E-state index is 0.113. The molecule has 12 nitrogen and oxygen atoms in total. The van der Waals surface area contributed by atoms with E-state index in [1.807, 2.05) is 0 Å². The van der Waals surface area contributed by atoms with Crippen LogP contribution in [-0.4, -0.2) is 74.0 Å².